The maximum Gasteiger partial charge on any atom is 0.271 e. The van der Waals surface area contributed by atoms with E-state index in [9.17, 15) is 25.1 Å². The number of non-ortho nitro benzene ring substituents is 1. The largest absolute Gasteiger partial charge is 0.494 e. The third-order valence-electron chi connectivity index (χ3n) is 4.89. The minimum absolute atomic E-state index is 0.0836. The second-order valence-corrected chi connectivity index (χ2v) is 6.08. The summed E-state index contributed by atoms with van der Waals surface area (Å²) in [5.41, 5.74) is 1.27. The number of fused-ring (bicyclic) bond motifs is 2. The Morgan fingerprint density at radius 2 is 1.91 bits per heavy atom. The molecule has 2 N–H and O–H groups in total. The van der Waals surface area contributed by atoms with Gasteiger partial charge in [0.25, 0.3) is 5.69 Å². The highest BCUT2D eigenvalue weighted by molar-refractivity contribution is 5.91. The summed E-state index contributed by atoms with van der Waals surface area (Å²) in [6.07, 6.45) is 1.85. The maximum absolute atomic E-state index is 12.1. The maximum atomic E-state index is 12.1. The third-order valence-corrected chi connectivity index (χ3v) is 4.89. The number of hydrogen-bond donors (Lipinski definition) is 2. The Hall–Kier alpha value is -2.83. The molecular weight excluding hydrogens is 300 g/mol. The molecule has 7 heteroatoms. The van der Waals surface area contributed by atoms with Crippen LogP contribution in [0.3, 0.4) is 0 Å². The molecule has 1 saturated carbocycles. The molecule has 7 nitrogen and oxygen atoms in total. The second-order valence-electron chi connectivity index (χ2n) is 6.08. The van der Waals surface area contributed by atoms with E-state index >= 15 is 0 Å². The van der Waals surface area contributed by atoms with E-state index < -0.39 is 4.92 Å². The fourth-order valence-corrected chi connectivity index (χ4v) is 3.89. The first-order valence-electron chi connectivity index (χ1n) is 7.43. The number of nitro benzene ring substituents is 1. The summed E-state index contributed by atoms with van der Waals surface area (Å²) in [4.78, 5) is 22.5. The number of carbonyl (C=O) groups is 1. The molecule has 0 unspecified atom stereocenters. The van der Waals surface area contributed by atoms with Crippen LogP contribution in [0.5, 0.6) is 11.8 Å². The van der Waals surface area contributed by atoms with Gasteiger partial charge in [0.2, 0.25) is 11.8 Å². The molecule has 2 bridgehead atoms. The molecule has 0 aliphatic heterocycles. The molecule has 1 aromatic carbocycles. The minimum Gasteiger partial charge on any atom is -0.494 e. The number of benzene rings is 1. The molecule has 5 rings (SSSR count). The number of aromatic hydroxyl groups is 2. The van der Waals surface area contributed by atoms with Crippen molar-refractivity contribution in [3.8, 4) is 17.4 Å². The zero-order valence-corrected chi connectivity index (χ0v) is 12.1. The lowest BCUT2D eigenvalue weighted by atomic mass is 9.67. The van der Waals surface area contributed by atoms with Crippen LogP contribution in [0.25, 0.3) is 5.69 Å². The molecule has 0 saturated heterocycles. The summed E-state index contributed by atoms with van der Waals surface area (Å²) in [5, 5.41) is 32.1. The van der Waals surface area contributed by atoms with Gasteiger partial charge in [-0.3, -0.25) is 19.5 Å². The fourth-order valence-electron chi connectivity index (χ4n) is 3.89. The molecule has 3 aliphatic carbocycles. The molecular formula is C16H14N2O5. The first-order valence-corrected chi connectivity index (χ1v) is 7.43. The van der Waals surface area contributed by atoms with Crippen molar-refractivity contribution in [2.75, 3.05) is 0 Å². The van der Waals surface area contributed by atoms with Gasteiger partial charge in [-0.05, 0) is 24.8 Å². The number of nitro groups is 1. The van der Waals surface area contributed by atoms with Gasteiger partial charge in [-0.15, -0.1) is 0 Å². The van der Waals surface area contributed by atoms with Gasteiger partial charge in [0, 0.05) is 35.6 Å². The number of Topliss-reactive ketones (excluding diaryl/α,β-unsaturated/α-hetero) is 1. The van der Waals surface area contributed by atoms with E-state index in [4.69, 9.17) is 0 Å². The average Bonchev–Trinajstić information content (AvgIpc) is 2.81. The number of hydrogen-bond acceptors (Lipinski definition) is 5. The molecule has 3 aliphatic rings. The smallest absolute Gasteiger partial charge is 0.271 e. The number of carbonyl (C=O) groups excluding carboxylic acids is 1. The Morgan fingerprint density at radius 3 is 2.61 bits per heavy atom. The Kier molecular flexibility index (Phi) is 2.75. The predicted molar refractivity (Wildman–Crippen MR) is 80.1 cm³/mol. The molecule has 0 amide bonds. The Balaban J connectivity index is 1.94. The molecule has 118 valence electrons. The quantitative estimate of drug-likeness (QED) is 0.655. The Labute approximate surface area is 130 Å². The molecule has 2 atom stereocenters. The van der Waals surface area contributed by atoms with Crippen LogP contribution in [-0.4, -0.2) is 25.5 Å². The third kappa shape index (κ3) is 1.79. The van der Waals surface area contributed by atoms with Crippen molar-refractivity contribution in [3.05, 3.63) is 45.5 Å². The zero-order chi connectivity index (χ0) is 16.3. The highest BCUT2D eigenvalue weighted by Crippen LogP contribution is 2.55. The summed E-state index contributed by atoms with van der Waals surface area (Å²) in [7, 11) is 0. The molecule has 2 aromatic rings. The lowest BCUT2D eigenvalue weighted by Gasteiger charge is -2.34. The van der Waals surface area contributed by atoms with Gasteiger partial charge in [0.15, 0.2) is 0 Å². The highest BCUT2D eigenvalue weighted by Gasteiger charge is 2.45. The van der Waals surface area contributed by atoms with Gasteiger partial charge in [-0.1, -0.05) is 6.07 Å². The fraction of sp³-hybridized carbons (Fsp3) is 0.312. The average molecular weight is 314 g/mol. The van der Waals surface area contributed by atoms with E-state index in [1.165, 1.54) is 22.8 Å². The molecule has 23 heavy (non-hydrogen) atoms. The van der Waals surface area contributed by atoms with Gasteiger partial charge < -0.3 is 10.2 Å². The summed E-state index contributed by atoms with van der Waals surface area (Å²) in [6.45, 7) is 0. The first kappa shape index (κ1) is 13.8. The van der Waals surface area contributed by atoms with Crippen molar-refractivity contribution >= 4 is 11.5 Å². The SMILES string of the molecule is O=C1C[C@@H]2CC[C@H]1c1c2c(O)n(-c2cccc([N+](=O)[O-])c2)c1O. The van der Waals surface area contributed by atoms with Crippen LogP contribution in [0.1, 0.15) is 42.2 Å². The van der Waals surface area contributed by atoms with Crippen molar-refractivity contribution in [3.63, 3.8) is 0 Å². The van der Waals surface area contributed by atoms with Gasteiger partial charge in [-0.2, -0.15) is 0 Å². The molecule has 0 spiro atoms. The van der Waals surface area contributed by atoms with Crippen LogP contribution in [0, 0.1) is 10.1 Å². The van der Waals surface area contributed by atoms with Crippen LogP contribution in [-0.2, 0) is 4.79 Å². The number of ketones is 1. The monoisotopic (exact) mass is 314 g/mol. The van der Waals surface area contributed by atoms with Crippen LogP contribution >= 0.6 is 0 Å². The van der Waals surface area contributed by atoms with E-state index in [1.54, 1.807) is 6.07 Å². The Bertz CT molecular complexity index is 854. The number of rotatable bonds is 2. The van der Waals surface area contributed by atoms with Crippen LogP contribution in [0.15, 0.2) is 24.3 Å². The van der Waals surface area contributed by atoms with Crippen molar-refractivity contribution in [1.82, 2.24) is 4.57 Å². The minimum atomic E-state index is -0.534. The van der Waals surface area contributed by atoms with Crippen molar-refractivity contribution in [1.29, 1.82) is 0 Å². The number of aromatic nitrogens is 1. The van der Waals surface area contributed by atoms with Crippen LogP contribution < -0.4 is 0 Å². The normalized spacial score (nSPS) is 22.2. The van der Waals surface area contributed by atoms with Gasteiger partial charge in [0.05, 0.1) is 10.6 Å². The van der Waals surface area contributed by atoms with E-state index in [2.05, 4.69) is 0 Å². The summed E-state index contributed by atoms with van der Waals surface area (Å²) < 4.78 is 1.20. The summed E-state index contributed by atoms with van der Waals surface area (Å²) in [6, 6.07) is 5.69. The molecule has 1 fully saturated rings. The van der Waals surface area contributed by atoms with Crippen molar-refractivity contribution in [2.24, 2.45) is 0 Å². The Morgan fingerprint density at radius 1 is 1.17 bits per heavy atom. The van der Waals surface area contributed by atoms with E-state index in [0.717, 1.165) is 6.42 Å². The second kappa shape index (κ2) is 4.58. The van der Waals surface area contributed by atoms with Crippen molar-refractivity contribution in [2.45, 2.75) is 31.1 Å². The predicted octanol–water partition coefficient (Wildman–Crippen LogP) is 2.73. The first-order chi connectivity index (χ1) is 11.0. The zero-order valence-electron chi connectivity index (χ0n) is 12.1. The van der Waals surface area contributed by atoms with Gasteiger partial charge >= 0.3 is 0 Å². The van der Waals surface area contributed by atoms with E-state index in [1.807, 2.05) is 0 Å². The van der Waals surface area contributed by atoms with E-state index in [0.29, 0.717) is 29.7 Å². The molecule has 0 radical (unpaired) electrons. The van der Waals surface area contributed by atoms with Crippen LogP contribution in [0.4, 0.5) is 5.69 Å². The van der Waals surface area contributed by atoms with Crippen molar-refractivity contribution < 1.29 is 19.9 Å². The van der Waals surface area contributed by atoms with Gasteiger partial charge in [-0.25, -0.2) is 0 Å². The molecule has 1 heterocycles. The summed E-state index contributed by atoms with van der Waals surface area (Å²) >= 11 is 0. The molecule has 1 aromatic heterocycles. The highest BCUT2D eigenvalue weighted by atomic mass is 16.6. The summed E-state index contributed by atoms with van der Waals surface area (Å²) in [5.74, 6) is -0.713. The lowest BCUT2D eigenvalue weighted by Crippen LogP contribution is -2.28. The van der Waals surface area contributed by atoms with E-state index in [-0.39, 0.29) is 35.1 Å². The lowest BCUT2D eigenvalue weighted by molar-refractivity contribution is -0.384. The topological polar surface area (TPSA) is 106 Å². The standard InChI is InChI=1S/C16H14N2O5/c19-12-6-8-4-5-11(12)14-13(8)15(20)17(16(14)21)9-2-1-3-10(7-9)18(22)23/h1-3,7-8,11,20-21H,4-6H2/t8-,11+/m0/s1. The number of nitrogens with zero attached hydrogens (tertiary/aromatic N) is 2. The van der Waals surface area contributed by atoms with Crippen LogP contribution in [0.2, 0.25) is 0 Å². The van der Waals surface area contributed by atoms with Gasteiger partial charge in [0.1, 0.15) is 5.78 Å².